The van der Waals surface area contributed by atoms with E-state index in [1.165, 1.54) is 18.9 Å². The van der Waals surface area contributed by atoms with Crippen LogP contribution >= 0.6 is 0 Å². The molecule has 262 valence electrons. The number of allylic oxidation sites excluding steroid dienone is 1. The molecular formula is C37H46N4O8. The van der Waals surface area contributed by atoms with Gasteiger partial charge < -0.3 is 29.7 Å². The molecule has 2 aliphatic heterocycles. The molecule has 2 saturated carbocycles. The van der Waals surface area contributed by atoms with Crippen molar-refractivity contribution in [2.45, 2.75) is 114 Å². The maximum Gasteiger partial charge on any atom is 0.408 e. The topological polar surface area (TPSA) is 153 Å². The van der Waals surface area contributed by atoms with Gasteiger partial charge in [-0.3, -0.25) is 14.4 Å². The highest BCUT2D eigenvalue weighted by atomic mass is 16.6. The van der Waals surface area contributed by atoms with E-state index in [1.54, 1.807) is 6.07 Å². The van der Waals surface area contributed by atoms with Crippen LogP contribution in [-0.2, 0) is 23.9 Å². The van der Waals surface area contributed by atoms with Gasteiger partial charge in [-0.2, -0.15) is 0 Å². The van der Waals surface area contributed by atoms with E-state index in [-0.39, 0.29) is 36.5 Å². The van der Waals surface area contributed by atoms with Gasteiger partial charge in [0.15, 0.2) is 5.78 Å². The second-order valence-electron chi connectivity index (χ2n) is 13.9. The lowest BCUT2D eigenvalue weighted by molar-refractivity contribution is -0.148. The summed E-state index contributed by atoms with van der Waals surface area (Å²) in [6.45, 7) is 3.39. The highest BCUT2D eigenvalue weighted by Gasteiger charge is 2.62. The van der Waals surface area contributed by atoms with Crippen LogP contribution in [-0.4, -0.2) is 83.0 Å². The molecule has 12 heteroatoms. The minimum absolute atomic E-state index is 0.0480. The van der Waals surface area contributed by atoms with Gasteiger partial charge >= 0.3 is 12.1 Å². The number of aromatic nitrogens is 1. The molecule has 1 aromatic heterocycles. The minimum atomic E-state index is -1.21. The molecule has 2 N–H and O–H groups in total. The number of hydrogen-bond donors (Lipinski definition) is 2. The zero-order chi connectivity index (χ0) is 34.7. The fourth-order valence-electron chi connectivity index (χ4n) is 7.47. The molecule has 6 rings (SSSR count). The van der Waals surface area contributed by atoms with E-state index in [9.17, 15) is 24.0 Å². The molecule has 49 heavy (non-hydrogen) atoms. The Morgan fingerprint density at radius 3 is 2.57 bits per heavy atom. The van der Waals surface area contributed by atoms with Gasteiger partial charge in [0, 0.05) is 30.7 Å². The number of nitrogens with one attached hydrogen (secondary N) is 2. The number of ketones is 1. The third-order valence-corrected chi connectivity index (χ3v) is 10.3. The number of carbonyl (C=O) groups excluding carboxylic acids is 5. The summed E-state index contributed by atoms with van der Waals surface area (Å²) in [5.41, 5.74) is 0.536. The lowest BCUT2D eigenvalue weighted by Gasteiger charge is -2.29. The molecule has 3 amide bonds. The Hall–Kier alpha value is -4.48. The monoisotopic (exact) mass is 674 g/mol. The summed E-state index contributed by atoms with van der Waals surface area (Å²) in [6, 6.07) is 5.33. The Bertz CT molecular complexity index is 1650. The van der Waals surface area contributed by atoms with E-state index in [1.807, 2.05) is 37.3 Å². The summed E-state index contributed by atoms with van der Waals surface area (Å²) >= 11 is 0. The molecule has 5 atom stereocenters. The molecular weight excluding hydrogens is 628 g/mol. The Balaban J connectivity index is 1.31. The molecule has 0 spiro atoms. The molecule has 3 fully saturated rings. The van der Waals surface area contributed by atoms with Gasteiger partial charge in [0.2, 0.25) is 11.8 Å². The van der Waals surface area contributed by atoms with Crippen LogP contribution in [0.25, 0.3) is 10.9 Å². The van der Waals surface area contributed by atoms with Crippen LogP contribution in [0.4, 0.5) is 4.79 Å². The first-order chi connectivity index (χ1) is 23.6. The van der Waals surface area contributed by atoms with Crippen LogP contribution in [0.15, 0.2) is 36.4 Å². The van der Waals surface area contributed by atoms with Crippen molar-refractivity contribution in [3.05, 3.63) is 47.7 Å². The Labute approximate surface area is 286 Å². The number of para-hydroxylation sites is 1. The van der Waals surface area contributed by atoms with Crippen LogP contribution in [0.5, 0.6) is 5.75 Å². The zero-order valence-electron chi connectivity index (χ0n) is 28.5. The largest absolute Gasteiger partial charge is 0.488 e. The third-order valence-electron chi connectivity index (χ3n) is 10.3. The average Bonchev–Trinajstić information content (AvgIpc) is 3.36. The van der Waals surface area contributed by atoms with Crippen molar-refractivity contribution in [2.75, 3.05) is 13.7 Å². The van der Waals surface area contributed by atoms with Gasteiger partial charge in [-0.15, -0.1) is 0 Å². The summed E-state index contributed by atoms with van der Waals surface area (Å²) in [5, 5.41) is 6.48. The number of rotatable bonds is 6. The standard InChI is InChI=1S/C37H46N4O8/c1-22-12-11-16-27-31(19-29(23(2)42)38-32(22)27)48-26-18-30-33(43)40-37(35(45)47-3)20-24(37)13-7-5-4-6-8-17-28(34(44)41(30)21-26)39-36(46)49-25-14-9-10-15-25/h7,11-13,16,19,24-26,28,30H,4-6,8-10,14-15,17-18,20-21H2,1-3H3,(H,39,46)(H,40,43)/b13-7-/t24?,26-,28+,30+,37-/m1/s1. The number of amides is 3. The van der Waals surface area contributed by atoms with E-state index in [0.717, 1.165) is 50.5 Å². The maximum absolute atomic E-state index is 14.4. The minimum Gasteiger partial charge on any atom is -0.488 e. The Morgan fingerprint density at radius 2 is 1.82 bits per heavy atom. The van der Waals surface area contributed by atoms with Crippen LogP contribution in [0.2, 0.25) is 0 Å². The number of ether oxygens (including phenoxy) is 3. The number of carbonyl (C=O) groups is 5. The van der Waals surface area contributed by atoms with Crippen LogP contribution in [0, 0.1) is 12.8 Å². The molecule has 1 unspecified atom stereocenters. The molecule has 1 aromatic carbocycles. The Kier molecular flexibility index (Phi) is 10.2. The number of methoxy groups -OCH3 is 1. The van der Waals surface area contributed by atoms with Crippen LogP contribution in [0.3, 0.4) is 0 Å². The van der Waals surface area contributed by atoms with E-state index >= 15 is 0 Å². The number of nitrogens with zero attached hydrogens (tertiary/aromatic N) is 2. The van der Waals surface area contributed by atoms with E-state index in [2.05, 4.69) is 15.6 Å². The first kappa shape index (κ1) is 34.4. The number of hydrogen-bond acceptors (Lipinski definition) is 9. The van der Waals surface area contributed by atoms with E-state index < -0.39 is 47.6 Å². The lowest BCUT2D eigenvalue weighted by atomic mass is 10.0. The average molecular weight is 675 g/mol. The first-order valence-electron chi connectivity index (χ1n) is 17.5. The number of pyridine rings is 1. The molecule has 0 bridgehead atoms. The van der Waals surface area contributed by atoms with Gasteiger partial charge in [-0.25, -0.2) is 14.6 Å². The summed E-state index contributed by atoms with van der Waals surface area (Å²) in [5.74, 6) is -1.46. The summed E-state index contributed by atoms with van der Waals surface area (Å²) in [4.78, 5) is 73.0. The third kappa shape index (κ3) is 7.43. The molecule has 12 nitrogen and oxygen atoms in total. The molecule has 0 radical (unpaired) electrons. The number of esters is 1. The molecule has 1 saturated heterocycles. The van der Waals surface area contributed by atoms with Gasteiger partial charge in [0.05, 0.1) is 19.2 Å². The number of fused-ring (bicyclic) bond motifs is 3. The number of Topliss-reactive ketones (excluding diaryl/α,β-unsaturated/α-hetero) is 1. The SMILES string of the molecule is COC(=O)[C@@]12CC1/C=C\CCCCC[C@H](NC(=O)OC1CCCC1)C(=O)N1C[C@H](Oc3cc(C(C)=O)nc4c(C)cccc34)C[C@H]1C(=O)N2. The van der Waals surface area contributed by atoms with Crippen molar-refractivity contribution in [3.8, 4) is 5.75 Å². The second-order valence-corrected chi connectivity index (χ2v) is 13.9. The van der Waals surface area contributed by atoms with Crippen molar-refractivity contribution >= 4 is 40.6 Å². The number of alkyl carbamates (subject to hydrolysis) is 1. The Morgan fingerprint density at radius 1 is 1.04 bits per heavy atom. The molecule has 3 heterocycles. The first-order valence-corrected chi connectivity index (χ1v) is 17.5. The van der Waals surface area contributed by atoms with Crippen molar-refractivity contribution in [3.63, 3.8) is 0 Å². The van der Waals surface area contributed by atoms with Crippen LogP contribution < -0.4 is 15.4 Å². The van der Waals surface area contributed by atoms with Gasteiger partial charge in [-0.1, -0.05) is 37.1 Å². The summed E-state index contributed by atoms with van der Waals surface area (Å²) in [6.07, 6.45) is 10.2. The predicted molar refractivity (Wildman–Crippen MR) is 180 cm³/mol. The van der Waals surface area contributed by atoms with Crippen molar-refractivity contribution < 1.29 is 38.2 Å². The normalized spacial score (nSPS) is 28.3. The predicted octanol–water partition coefficient (Wildman–Crippen LogP) is 4.70. The zero-order valence-corrected chi connectivity index (χ0v) is 28.5. The highest BCUT2D eigenvalue weighted by Crippen LogP contribution is 2.46. The van der Waals surface area contributed by atoms with Gasteiger partial charge in [0.25, 0.3) is 0 Å². The van der Waals surface area contributed by atoms with Crippen molar-refractivity contribution in [1.29, 1.82) is 0 Å². The van der Waals surface area contributed by atoms with Crippen LogP contribution in [0.1, 0.15) is 93.6 Å². The number of benzene rings is 1. The highest BCUT2D eigenvalue weighted by molar-refractivity contribution is 5.98. The smallest absolute Gasteiger partial charge is 0.408 e. The van der Waals surface area contributed by atoms with E-state index in [4.69, 9.17) is 14.2 Å². The summed E-state index contributed by atoms with van der Waals surface area (Å²) in [7, 11) is 1.30. The van der Waals surface area contributed by atoms with E-state index in [0.29, 0.717) is 35.9 Å². The quantitative estimate of drug-likeness (QED) is 0.252. The van der Waals surface area contributed by atoms with Gasteiger partial charge in [0.1, 0.15) is 41.3 Å². The summed E-state index contributed by atoms with van der Waals surface area (Å²) < 4.78 is 17.3. The fourth-order valence-corrected chi connectivity index (χ4v) is 7.47. The van der Waals surface area contributed by atoms with Crippen molar-refractivity contribution in [1.82, 2.24) is 20.5 Å². The fraction of sp³-hybridized carbons (Fsp3) is 0.568. The molecule has 4 aliphatic rings. The lowest BCUT2D eigenvalue weighted by Crippen LogP contribution is -2.56. The van der Waals surface area contributed by atoms with Gasteiger partial charge in [-0.05, 0) is 69.9 Å². The molecule has 2 aromatic rings. The molecule has 2 aliphatic carbocycles. The maximum atomic E-state index is 14.4. The second kappa shape index (κ2) is 14.6. The van der Waals surface area contributed by atoms with Crippen molar-refractivity contribution in [2.24, 2.45) is 5.92 Å². The number of aryl methyl sites for hydroxylation is 1.